The number of aromatic nitrogens is 2. The molecule has 0 fully saturated rings. The largest absolute Gasteiger partial charge is 0.492 e. The van der Waals surface area contributed by atoms with Crippen LogP contribution in [0.15, 0.2) is 30.6 Å². The molecule has 2 rings (SSSR count). The van der Waals surface area contributed by atoms with Crippen molar-refractivity contribution in [2.75, 3.05) is 17.7 Å². The summed E-state index contributed by atoms with van der Waals surface area (Å²) in [4.78, 5) is 7.85. The molecule has 2 aromatic rings. The Morgan fingerprint density at radius 2 is 2.11 bits per heavy atom. The quantitative estimate of drug-likeness (QED) is 0.888. The van der Waals surface area contributed by atoms with Crippen LogP contribution in [0, 0.1) is 0 Å². The lowest BCUT2D eigenvalue weighted by molar-refractivity contribution is 0.342. The summed E-state index contributed by atoms with van der Waals surface area (Å²) in [6.07, 6.45) is 1.35. The van der Waals surface area contributed by atoms with Gasteiger partial charge in [-0.25, -0.2) is 9.97 Å². The predicted octanol–water partition coefficient (Wildman–Crippen LogP) is 2.85. The summed E-state index contributed by atoms with van der Waals surface area (Å²) in [6.45, 7) is 2.50. The molecule has 3 N–H and O–H groups in total. The van der Waals surface area contributed by atoms with Gasteiger partial charge in [0, 0.05) is 0 Å². The van der Waals surface area contributed by atoms with Crippen molar-refractivity contribution < 1.29 is 4.74 Å². The molecule has 1 heterocycles. The summed E-state index contributed by atoms with van der Waals surface area (Å²) >= 11 is 6.02. The van der Waals surface area contributed by atoms with Gasteiger partial charge in [0.15, 0.2) is 5.82 Å². The van der Waals surface area contributed by atoms with Crippen molar-refractivity contribution in [1.82, 2.24) is 9.97 Å². The molecule has 0 saturated heterocycles. The van der Waals surface area contributed by atoms with Crippen molar-refractivity contribution in [1.29, 1.82) is 0 Å². The van der Waals surface area contributed by atoms with Gasteiger partial charge in [-0.3, -0.25) is 0 Å². The zero-order valence-corrected chi connectivity index (χ0v) is 10.6. The first-order chi connectivity index (χ1) is 8.72. The molecule has 94 valence electrons. The maximum atomic E-state index is 6.02. The summed E-state index contributed by atoms with van der Waals surface area (Å²) in [5.74, 6) is 1.42. The van der Waals surface area contributed by atoms with E-state index in [1.807, 2.05) is 31.2 Å². The standard InChI is InChI=1S/C12H13ClN4O/c1-2-18-9-6-4-3-5-8(9)17-12-10(13)11(14)15-7-16-12/h3-7H,2H2,1H3,(H3,14,15,16,17). The van der Waals surface area contributed by atoms with Crippen molar-refractivity contribution in [3.8, 4) is 5.75 Å². The van der Waals surface area contributed by atoms with E-state index >= 15 is 0 Å². The highest BCUT2D eigenvalue weighted by Gasteiger charge is 2.09. The Bertz CT molecular complexity index is 547. The van der Waals surface area contributed by atoms with E-state index in [4.69, 9.17) is 22.1 Å². The van der Waals surface area contributed by atoms with Gasteiger partial charge in [0.1, 0.15) is 22.9 Å². The van der Waals surface area contributed by atoms with Gasteiger partial charge in [0.05, 0.1) is 12.3 Å². The number of anilines is 3. The van der Waals surface area contributed by atoms with E-state index < -0.39 is 0 Å². The average molecular weight is 265 g/mol. The lowest BCUT2D eigenvalue weighted by atomic mass is 10.3. The summed E-state index contributed by atoms with van der Waals surface area (Å²) in [5, 5.41) is 3.37. The Kier molecular flexibility index (Phi) is 3.84. The van der Waals surface area contributed by atoms with Gasteiger partial charge in [-0.15, -0.1) is 0 Å². The Labute approximate surface area is 110 Å². The molecular weight excluding hydrogens is 252 g/mol. The monoisotopic (exact) mass is 264 g/mol. The van der Waals surface area contributed by atoms with Crippen LogP contribution in [0.2, 0.25) is 5.02 Å². The van der Waals surface area contributed by atoms with Crippen molar-refractivity contribution in [3.05, 3.63) is 35.6 Å². The number of rotatable bonds is 4. The third-order valence-electron chi connectivity index (χ3n) is 2.26. The van der Waals surface area contributed by atoms with Crippen LogP contribution in [-0.2, 0) is 0 Å². The van der Waals surface area contributed by atoms with Crippen molar-refractivity contribution >= 4 is 28.9 Å². The summed E-state index contributed by atoms with van der Waals surface area (Å²) in [5.41, 5.74) is 6.39. The van der Waals surface area contributed by atoms with Crippen LogP contribution in [0.1, 0.15) is 6.92 Å². The lowest BCUT2D eigenvalue weighted by Gasteiger charge is -2.12. The molecule has 0 bridgehead atoms. The van der Waals surface area contributed by atoms with E-state index in [0.29, 0.717) is 17.4 Å². The molecule has 0 aliphatic rings. The molecule has 0 saturated carbocycles. The maximum absolute atomic E-state index is 6.02. The summed E-state index contributed by atoms with van der Waals surface area (Å²) < 4.78 is 5.50. The van der Waals surface area contributed by atoms with Crippen molar-refractivity contribution in [2.45, 2.75) is 6.92 Å². The number of benzene rings is 1. The zero-order chi connectivity index (χ0) is 13.0. The second-order valence-corrected chi connectivity index (χ2v) is 3.85. The van der Waals surface area contributed by atoms with E-state index in [2.05, 4.69) is 15.3 Å². The molecule has 1 aromatic carbocycles. The molecule has 6 heteroatoms. The van der Waals surface area contributed by atoms with E-state index in [1.165, 1.54) is 6.33 Å². The minimum absolute atomic E-state index is 0.239. The third kappa shape index (κ3) is 2.62. The Morgan fingerprint density at radius 1 is 1.33 bits per heavy atom. The van der Waals surface area contributed by atoms with Crippen LogP contribution < -0.4 is 15.8 Å². The fourth-order valence-electron chi connectivity index (χ4n) is 1.45. The number of nitrogens with zero attached hydrogens (tertiary/aromatic N) is 2. The first-order valence-corrected chi connectivity index (χ1v) is 5.85. The number of hydrogen-bond donors (Lipinski definition) is 2. The van der Waals surface area contributed by atoms with Gasteiger partial charge < -0.3 is 15.8 Å². The second-order valence-electron chi connectivity index (χ2n) is 3.48. The minimum atomic E-state index is 0.239. The number of ether oxygens (including phenoxy) is 1. The van der Waals surface area contributed by atoms with Crippen LogP contribution in [0.5, 0.6) is 5.75 Å². The highest BCUT2D eigenvalue weighted by atomic mass is 35.5. The number of nitrogens with one attached hydrogen (secondary N) is 1. The van der Waals surface area contributed by atoms with E-state index in [9.17, 15) is 0 Å². The Morgan fingerprint density at radius 3 is 2.89 bits per heavy atom. The van der Waals surface area contributed by atoms with E-state index in [-0.39, 0.29) is 5.82 Å². The van der Waals surface area contributed by atoms with Gasteiger partial charge in [-0.2, -0.15) is 0 Å². The molecule has 0 spiro atoms. The topological polar surface area (TPSA) is 73.1 Å². The van der Waals surface area contributed by atoms with Crippen LogP contribution in [-0.4, -0.2) is 16.6 Å². The van der Waals surface area contributed by atoms with Crippen molar-refractivity contribution in [2.24, 2.45) is 0 Å². The first kappa shape index (κ1) is 12.4. The molecule has 5 nitrogen and oxygen atoms in total. The van der Waals surface area contributed by atoms with Gasteiger partial charge in [0.25, 0.3) is 0 Å². The molecule has 0 aliphatic carbocycles. The van der Waals surface area contributed by atoms with E-state index in [1.54, 1.807) is 0 Å². The smallest absolute Gasteiger partial charge is 0.154 e. The number of nitrogen functional groups attached to an aromatic ring is 1. The van der Waals surface area contributed by atoms with E-state index in [0.717, 1.165) is 11.4 Å². The zero-order valence-electron chi connectivity index (χ0n) is 9.85. The van der Waals surface area contributed by atoms with Gasteiger partial charge in [0.2, 0.25) is 0 Å². The second kappa shape index (κ2) is 5.55. The van der Waals surface area contributed by atoms with Gasteiger partial charge in [-0.05, 0) is 19.1 Å². The number of nitrogens with two attached hydrogens (primary N) is 1. The molecular formula is C12H13ClN4O. The number of para-hydroxylation sites is 2. The van der Waals surface area contributed by atoms with Crippen LogP contribution in [0.4, 0.5) is 17.3 Å². The molecule has 0 unspecified atom stereocenters. The van der Waals surface area contributed by atoms with Gasteiger partial charge in [-0.1, -0.05) is 23.7 Å². The van der Waals surface area contributed by atoms with Crippen LogP contribution in [0.25, 0.3) is 0 Å². The molecule has 0 atom stereocenters. The third-order valence-corrected chi connectivity index (χ3v) is 2.63. The highest BCUT2D eigenvalue weighted by molar-refractivity contribution is 6.35. The Balaban J connectivity index is 2.31. The molecule has 1 aromatic heterocycles. The van der Waals surface area contributed by atoms with Crippen molar-refractivity contribution in [3.63, 3.8) is 0 Å². The normalized spacial score (nSPS) is 10.1. The number of halogens is 1. The Hall–Kier alpha value is -2.01. The molecule has 0 radical (unpaired) electrons. The fraction of sp³-hybridized carbons (Fsp3) is 0.167. The highest BCUT2D eigenvalue weighted by Crippen LogP contribution is 2.31. The summed E-state index contributed by atoms with van der Waals surface area (Å²) in [6, 6.07) is 7.53. The fourth-order valence-corrected chi connectivity index (χ4v) is 1.59. The SMILES string of the molecule is CCOc1ccccc1Nc1ncnc(N)c1Cl. The molecule has 0 aliphatic heterocycles. The molecule has 18 heavy (non-hydrogen) atoms. The first-order valence-electron chi connectivity index (χ1n) is 5.47. The van der Waals surface area contributed by atoms with Crippen LogP contribution >= 0.6 is 11.6 Å². The van der Waals surface area contributed by atoms with Crippen LogP contribution in [0.3, 0.4) is 0 Å². The molecule has 0 amide bonds. The lowest BCUT2D eigenvalue weighted by Crippen LogP contribution is -2.01. The number of hydrogen-bond acceptors (Lipinski definition) is 5. The van der Waals surface area contributed by atoms with Gasteiger partial charge >= 0.3 is 0 Å². The summed E-state index contributed by atoms with van der Waals surface area (Å²) in [7, 11) is 0. The predicted molar refractivity (Wildman–Crippen MR) is 72.3 cm³/mol. The maximum Gasteiger partial charge on any atom is 0.154 e. The minimum Gasteiger partial charge on any atom is -0.492 e. The average Bonchev–Trinajstić information content (AvgIpc) is 2.37.